The molecule has 0 aliphatic carbocycles. The Morgan fingerprint density at radius 3 is 2.44 bits per heavy atom. The van der Waals surface area contributed by atoms with Crippen LogP contribution < -0.4 is 14.8 Å². The molecule has 1 amide bonds. The number of halogens is 1. The topological polar surface area (TPSA) is 145 Å². The predicted molar refractivity (Wildman–Crippen MR) is 151 cm³/mol. The van der Waals surface area contributed by atoms with Crippen LogP contribution in [0.2, 0.25) is 0 Å². The molecule has 4 aromatic rings. The van der Waals surface area contributed by atoms with Gasteiger partial charge in [0.25, 0.3) is 11.6 Å². The van der Waals surface area contributed by atoms with E-state index in [0.717, 1.165) is 23.3 Å². The van der Waals surface area contributed by atoms with E-state index in [2.05, 4.69) is 15.1 Å². The number of nitrogens with one attached hydrogen (secondary N) is 2. The lowest BCUT2D eigenvalue weighted by Crippen LogP contribution is -2.25. The molecule has 0 bridgehead atoms. The van der Waals surface area contributed by atoms with Crippen LogP contribution in [-0.4, -0.2) is 35.6 Å². The number of benzene rings is 3. The summed E-state index contributed by atoms with van der Waals surface area (Å²) in [6.07, 6.45) is 0.495. The number of amides is 1. The van der Waals surface area contributed by atoms with Gasteiger partial charge in [-0.1, -0.05) is 19.1 Å². The Bertz CT molecular complexity index is 1740. The van der Waals surface area contributed by atoms with E-state index in [-0.39, 0.29) is 29.4 Å². The molecule has 1 aromatic heterocycles. The Labute approximate surface area is 236 Å². The van der Waals surface area contributed by atoms with Gasteiger partial charge in [-0.3, -0.25) is 14.9 Å². The first-order chi connectivity index (χ1) is 19.4. The molecule has 0 spiro atoms. The molecule has 0 saturated heterocycles. The number of hydrogen-bond acceptors (Lipinski definition) is 7. The Morgan fingerprint density at radius 2 is 1.78 bits per heavy atom. The van der Waals surface area contributed by atoms with Crippen molar-refractivity contribution in [2.24, 2.45) is 0 Å². The van der Waals surface area contributed by atoms with Crippen molar-refractivity contribution in [3.8, 4) is 17.3 Å². The maximum Gasteiger partial charge on any atom is 0.276 e. The average Bonchev–Trinajstić information content (AvgIpc) is 3.26. The van der Waals surface area contributed by atoms with Crippen LogP contribution in [0.15, 0.2) is 65.6 Å². The minimum Gasteiger partial charge on any atom is -0.437 e. The lowest BCUT2D eigenvalue weighted by molar-refractivity contribution is -0.385. The van der Waals surface area contributed by atoms with Crippen LogP contribution >= 0.6 is 0 Å². The maximum absolute atomic E-state index is 13.4. The van der Waals surface area contributed by atoms with Crippen molar-refractivity contribution in [1.29, 1.82) is 0 Å². The van der Waals surface area contributed by atoms with E-state index in [0.29, 0.717) is 17.8 Å². The van der Waals surface area contributed by atoms with Crippen LogP contribution in [0.3, 0.4) is 0 Å². The second-order valence-corrected chi connectivity index (χ2v) is 11.0. The summed E-state index contributed by atoms with van der Waals surface area (Å²) in [7, 11) is -4.21. The zero-order valence-electron chi connectivity index (χ0n) is 22.8. The van der Waals surface area contributed by atoms with Crippen molar-refractivity contribution < 1.29 is 27.3 Å². The van der Waals surface area contributed by atoms with Crippen molar-refractivity contribution in [3.63, 3.8) is 0 Å². The molecule has 0 saturated carbocycles. The second kappa shape index (κ2) is 11.9. The molecule has 214 valence electrons. The van der Waals surface area contributed by atoms with Crippen molar-refractivity contribution in [2.75, 3.05) is 11.9 Å². The SMILES string of the molecule is CCCNS(=O)(=O)c1cc([N+](=O)[O-])ccc1Oc1c(C)c(C(=O)Nc2ccc(F)cc2)nn1-c1cccc(C)c1C. The number of carbonyl (C=O) groups is 1. The summed E-state index contributed by atoms with van der Waals surface area (Å²) >= 11 is 0. The molecule has 0 radical (unpaired) electrons. The number of non-ortho nitro benzene ring substituents is 1. The largest absolute Gasteiger partial charge is 0.437 e. The number of aromatic nitrogens is 2. The minimum atomic E-state index is -4.21. The molecule has 2 N–H and O–H groups in total. The molecule has 0 unspecified atom stereocenters. The molecular weight excluding hydrogens is 553 g/mol. The highest BCUT2D eigenvalue weighted by atomic mass is 32.2. The molecular formula is C28H28FN5O6S. The first-order valence-electron chi connectivity index (χ1n) is 12.6. The number of hydrogen-bond donors (Lipinski definition) is 2. The standard InChI is InChI=1S/C28H28FN5O6S/c1-5-15-30-41(38,39)25-16-22(34(36)37)13-14-24(25)40-28-19(4)26(27(35)31-21-11-9-20(29)10-12-21)32-33(28)23-8-6-7-17(2)18(23)3/h6-14,16,30H,5,15H2,1-4H3,(H,31,35). The second-order valence-electron chi connectivity index (χ2n) is 9.26. The Balaban J connectivity index is 1.87. The molecule has 1 heterocycles. The molecule has 0 aliphatic rings. The molecule has 11 nitrogen and oxygen atoms in total. The van der Waals surface area contributed by atoms with E-state index in [1.807, 2.05) is 19.9 Å². The van der Waals surface area contributed by atoms with Gasteiger partial charge in [0, 0.05) is 29.9 Å². The van der Waals surface area contributed by atoms with Gasteiger partial charge >= 0.3 is 0 Å². The van der Waals surface area contributed by atoms with Gasteiger partial charge in [-0.05, 0) is 74.7 Å². The Hall–Kier alpha value is -4.62. The zero-order chi connectivity index (χ0) is 29.9. The van der Waals surface area contributed by atoms with Crippen molar-refractivity contribution in [1.82, 2.24) is 14.5 Å². The van der Waals surface area contributed by atoms with Crippen LogP contribution in [0.5, 0.6) is 11.6 Å². The lowest BCUT2D eigenvalue weighted by atomic mass is 10.1. The molecule has 0 fully saturated rings. The van der Waals surface area contributed by atoms with Gasteiger partial charge < -0.3 is 10.1 Å². The number of nitro groups is 1. The van der Waals surface area contributed by atoms with Gasteiger partial charge in [0.05, 0.1) is 10.6 Å². The van der Waals surface area contributed by atoms with E-state index in [4.69, 9.17) is 4.74 Å². The van der Waals surface area contributed by atoms with Gasteiger partial charge in [0.1, 0.15) is 16.5 Å². The van der Waals surface area contributed by atoms with Gasteiger partial charge in [0.15, 0.2) is 5.69 Å². The Morgan fingerprint density at radius 1 is 1.07 bits per heavy atom. The smallest absolute Gasteiger partial charge is 0.276 e. The zero-order valence-corrected chi connectivity index (χ0v) is 23.6. The van der Waals surface area contributed by atoms with Crippen LogP contribution in [0.1, 0.15) is 40.5 Å². The number of nitrogens with zero attached hydrogens (tertiary/aromatic N) is 3. The first-order valence-corrected chi connectivity index (χ1v) is 14.1. The highest BCUT2D eigenvalue weighted by Crippen LogP contribution is 2.36. The predicted octanol–water partition coefficient (Wildman–Crippen LogP) is 5.58. The van der Waals surface area contributed by atoms with Crippen molar-refractivity contribution >= 4 is 27.3 Å². The number of nitro benzene ring substituents is 1. The third kappa shape index (κ3) is 6.26. The van der Waals surface area contributed by atoms with Crippen molar-refractivity contribution in [2.45, 2.75) is 39.0 Å². The summed E-state index contributed by atoms with van der Waals surface area (Å²) in [4.78, 5) is 23.6. The molecule has 4 rings (SSSR count). The van der Waals surface area contributed by atoms with Crippen LogP contribution in [0, 0.1) is 36.7 Å². The monoisotopic (exact) mass is 581 g/mol. The highest BCUT2D eigenvalue weighted by Gasteiger charge is 2.28. The Kier molecular flexibility index (Phi) is 8.49. The fraction of sp³-hybridized carbons (Fsp3) is 0.214. The number of carbonyl (C=O) groups excluding carboxylic acids is 1. The third-order valence-corrected chi connectivity index (χ3v) is 7.85. The van der Waals surface area contributed by atoms with Gasteiger partial charge in [-0.2, -0.15) is 9.78 Å². The van der Waals surface area contributed by atoms with E-state index in [1.165, 1.54) is 35.0 Å². The molecule has 0 atom stereocenters. The van der Waals surface area contributed by atoms with Crippen LogP contribution in [0.25, 0.3) is 5.69 Å². The number of anilines is 1. The minimum absolute atomic E-state index is 0.0272. The number of aryl methyl sites for hydroxylation is 1. The number of ether oxygens (including phenoxy) is 1. The van der Waals surface area contributed by atoms with Gasteiger partial charge in [-0.25, -0.2) is 17.5 Å². The third-order valence-electron chi connectivity index (χ3n) is 6.37. The first kappa shape index (κ1) is 29.4. The van der Waals surface area contributed by atoms with Crippen molar-refractivity contribution in [3.05, 3.63) is 99.0 Å². The van der Waals surface area contributed by atoms with E-state index in [1.54, 1.807) is 26.0 Å². The fourth-order valence-electron chi connectivity index (χ4n) is 3.99. The number of rotatable bonds is 10. The van der Waals surface area contributed by atoms with Gasteiger partial charge in [0.2, 0.25) is 15.9 Å². The quantitative estimate of drug-likeness (QED) is 0.184. The average molecular weight is 582 g/mol. The van der Waals surface area contributed by atoms with E-state index in [9.17, 15) is 27.7 Å². The van der Waals surface area contributed by atoms with E-state index < -0.39 is 37.3 Å². The summed E-state index contributed by atoms with van der Waals surface area (Å²) in [5, 5.41) is 18.6. The normalized spacial score (nSPS) is 11.3. The summed E-state index contributed by atoms with van der Waals surface area (Å²) < 4.78 is 49.6. The highest BCUT2D eigenvalue weighted by molar-refractivity contribution is 7.89. The molecule has 0 aliphatic heterocycles. The van der Waals surface area contributed by atoms with E-state index >= 15 is 0 Å². The molecule has 41 heavy (non-hydrogen) atoms. The summed E-state index contributed by atoms with van der Waals surface area (Å²) in [5.74, 6) is -1.23. The molecule has 3 aromatic carbocycles. The molecule has 13 heteroatoms. The number of sulfonamides is 1. The summed E-state index contributed by atoms with van der Waals surface area (Å²) in [6, 6.07) is 13.9. The summed E-state index contributed by atoms with van der Waals surface area (Å²) in [6.45, 7) is 7.23. The lowest BCUT2D eigenvalue weighted by Gasteiger charge is -2.15. The van der Waals surface area contributed by atoms with Crippen LogP contribution in [0.4, 0.5) is 15.8 Å². The van der Waals surface area contributed by atoms with Gasteiger partial charge in [-0.15, -0.1) is 0 Å². The fourth-order valence-corrected chi connectivity index (χ4v) is 5.27. The van der Waals surface area contributed by atoms with Crippen LogP contribution in [-0.2, 0) is 10.0 Å². The maximum atomic E-state index is 13.4. The summed E-state index contributed by atoms with van der Waals surface area (Å²) in [5.41, 5.74) is 2.47.